The topological polar surface area (TPSA) is 60.7 Å². The van der Waals surface area contributed by atoms with Crippen LogP contribution in [0.2, 0.25) is 0 Å². The molecule has 0 saturated carbocycles. The lowest BCUT2D eigenvalue weighted by Gasteiger charge is -2.03. The fourth-order valence-corrected chi connectivity index (χ4v) is 1.25. The molecule has 1 rings (SSSR count). The highest BCUT2D eigenvalue weighted by Gasteiger charge is 2.19. The van der Waals surface area contributed by atoms with E-state index in [0.717, 1.165) is 6.07 Å². The molecule has 64 valence electrons. The van der Waals surface area contributed by atoms with Crippen LogP contribution in [0.5, 0.6) is 5.75 Å². The molecule has 0 bridgehead atoms. The molecule has 0 aliphatic heterocycles. The molecule has 0 amide bonds. The quantitative estimate of drug-likeness (QED) is 0.599. The van der Waals surface area contributed by atoms with Crippen molar-refractivity contribution < 1.29 is 19.5 Å². The Labute approximate surface area is 76.7 Å². The fourth-order valence-electron chi connectivity index (χ4n) is 0.783. The van der Waals surface area contributed by atoms with Gasteiger partial charge in [-0.15, -0.1) is 0 Å². The first kappa shape index (κ1) is 9.50. The molecule has 3 N–H and O–H groups in total. The summed E-state index contributed by atoms with van der Waals surface area (Å²) >= 11 is 2.97. The lowest BCUT2D eigenvalue weighted by Crippen LogP contribution is -2.32. The molecule has 0 aliphatic carbocycles. The van der Waals surface area contributed by atoms with Crippen LogP contribution in [-0.2, 0) is 0 Å². The van der Waals surface area contributed by atoms with Gasteiger partial charge in [-0.25, -0.2) is 4.39 Å². The zero-order valence-electron chi connectivity index (χ0n) is 5.83. The van der Waals surface area contributed by atoms with Gasteiger partial charge in [0.1, 0.15) is 0 Å². The largest absolute Gasteiger partial charge is 0.505 e. The third-order valence-electron chi connectivity index (χ3n) is 1.32. The minimum absolute atomic E-state index is 0.359. The lowest BCUT2D eigenvalue weighted by atomic mass is 9.80. The van der Waals surface area contributed by atoms with Crippen LogP contribution in [0, 0.1) is 5.82 Å². The molecule has 0 radical (unpaired) electrons. The van der Waals surface area contributed by atoms with E-state index in [1.54, 1.807) is 0 Å². The maximum Gasteiger partial charge on any atom is 0.491 e. The Bertz CT molecular complexity index is 305. The molecule has 0 unspecified atom stereocenters. The second-order valence-corrected chi connectivity index (χ2v) is 3.12. The minimum atomic E-state index is -1.92. The van der Waals surface area contributed by atoms with Crippen molar-refractivity contribution in [2.75, 3.05) is 0 Å². The summed E-state index contributed by atoms with van der Waals surface area (Å²) in [5, 5.41) is 26.2. The molecule has 0 atom stereocenters. The van der Waals surface area contributed by atoms with Gasteiger partial charge in [-0.2, -0.15) is 0 Å². The van der Waals surface area contributed by atoms with E-state index in [1.807, 2.05) is 0 Å². The van der Waals surface area contributed by atoms with E-state index in [4.69, 9.17) is 15.2 Å². The fraction of sp³-hybridized carbons (Fsp3) is 0. The molecule has 0 heterocycles. The second kappa shape index (κ2) is 3.43. The Hall–Kier alpha value is -0.585. The molecule has 0 saturated heterocycles. The monoisotopic (exact) mass is 234 g/mol. The van der Waals surface area contributed by atoms with Crippen molar-refractivity contribution in [1.82, 2.24) is 0 Å². The van der Waals surface area contributed by atoms with Gasteiger partial charge in [-0.1, -0.05) is 15.9 Å². The van der Waals surface area contributed by atoms with Crippen molar-refractivity contribution in [2.45, 2.75) is 0 Å². The Kier molecular flexibility index (Phi) is 2.71. The van der Waals surface area contributed by atoms with E-state index in [0.29, 0.717) is 4.47 Å². The van der Waals surface area contributed by atoms with Crippen LogP contribution in [0.4, 0.5) is 4.39 Å². The number of phenolic OH excluding ortho intramolecular Hbond substituents is 1. The molecule has 6 heteroatoms. The molecular formula is C6H5BBrFO3. The third kappa shape index (κ3) is 1.77. The van der Waals surface area contributed by atoms with Gasteiger partial charge in [0, 0.05) is 9.94 Å². The molecule has 0 aromatic heterocycles. The third-order valence-corrected chi connectivity index (χ3v) is 1.78. The highest BCUT2D eigenvalue weighted by molar-refractivity contribution is 9.10. The smallest absolute Gasteiger partial charge is 0.491 e. The van der Waals surface area contributed by atoms with Crippen LogP contribution in [0.25, 0.3) is 0 Å². The van der Waals surface area contributed by atoms with Gasteiger partial charge in [0.05, 0.1) is 0 Å². The van der Waals surface area contributed by atoms with Gasteiger partial charge in [0.2, 0.25) is 0 Å². The van der Waals surface area contributed by atoms with Crippen LogP contribution in [0.3, 0.4) is 0 Å². The zero-order chi connectivity index (χ0) is 9.30. The van der Waals surface area contributed by atoms with Crippen LogP contribution in [0.1, 0.15) is 0 Å². The summed E-state index contributed by atoms with van der Waals surface area (Å²) in [4.78, 5) is 0. The first-order chi connectivity index (χ1) is 5.52. The number of rotatable bonds is 1. The van der Waals surface area contributed by atoms with Crippen LogP contribution < -0.4 is 5.46 Å². The van der Waals surface area contributed by atoms with E-state index < -0.39 is 18.7 Å². The molecule has 0 aliphatic rings. The first-order valence-corrected chi connectivity index (χ1v) is 3.85. The second-order valence-electron chi connectivity index (χ2n) is 2.20. The highest BCUT2D eigenvalue weighted by atomic mass is 79.9. The van der Waals surface area contributed by atoms with Crippen molar-refractivity contribution in [3.63, 3.8) is 0 Å². The van der Waals surface area contributed by atoms with E-state index in [9.17, 15) is 4.39 Å². The van der Waals surface area contributed by atoms with Crippen molar-refractivity contribution in [3.05, 3.63) is 22.4 Å². The molecule has 1 aromatic carbocycles. The summed E-state index contributed by atoms with van der Waals surface area (Å²) in [7, 11) is -1.92. The molecule has 12 heavy (non-hydrogen) atoms. The van der Waals surface area contributed by atoms with Crippen molar-refractivity contribution in [1.29, 1.82) is 0 Å². The predicted octanol–water partition coefficient (Wildman–Crippen LogP) is -0.0264. The Balaban J connectivity index is 3.28. The molecule has 0 spiro atoms. The number of halogens is 2. The van der Waals surface area contributed by atoms with Crippen molar-refractivity contribution >= 4 is 28.5 Å². The lowest BCUT2D eigenvalue weighted by molar-refractivity contribution is 0.412. The Morgan fingerprint density at radius 3 is 2.42 bits per heavy atom. The predicted molar refractivity (Wildman–Crippen MR) is 45.6 cm³/mol. The normalized spacial score (nSPS) is 10.0. The highest BCUT2D eigenvalue weighted by Crippen LogP contribution is 2.19. The molecular weight excluding hydrogens is 230 g/mol. The summed E-state index contributed by atoms with van der Waals surface area (Å²) in [5.74, 6) is -1.64. The summed E-state index contributed by atoms with van der Waals surface area (Å²) in [5.41, 5.74) is -0.359. The molecule has 1 aromatic rings. The maximum atomic E-state index is 12.8. The van der Waals surface area contributed by atoms with E-state index in [-0.39, 0.29) is 5.46 Å². The summed E-state index contributed by atoms with van der Waals surface area (Å²) < 4.78 is 13.2. The summed E-state index contributed by atoms with van der Waals surface area (Å²) in [6, 6.07) is 2.31. The SMILES string of the molecule is OB(O)c1cc(Br)cc(O)c1F. The van der Waals surface area contributed by atoms with Crippen molar-refractivity contribution in [2.24, 2.45) is 0 Å². The number of hydrogen-bond acceptors (Lipinski definition) is 3. The van der Waals surface area contributed by atoms with Crippen molar-refractivity contribution in [3.8, 4) is 5.75 Å². The summed E-state index contributed by atoms with van der Waals surface area (Å²) in [6.07, 6.45) is 0. The average molecular weight is 235 g/mol. The molecule has 0 fully saturated rings. The van der Waals surface area contributed by atoms with Gasteiger partial charge < -0.3 is 15.2 Å². The van der Waals surface area contributed by atoms with E-state index in [2.05, 4.69) is 15.9 Å². The molecule has 3 nitrogen and oxygen atoms in total. The average Bonchev–Trinajstić information content (AvgIpc) is 1.96. The van der Waals surface area contributed by atoms with Crippen LogP contribution in [0.15, 0.2) is 16.6 Å². The number of phenols is 1. The van der Waals surface area contributed by atoms with Gasteiger partial charge in [0.25, 0.3) is 0 Å². The summed E-state index contributed by atoms with van der Waals surface area (Å²) in [6.45, 7) is 0. The number of benzene rings is 1. The zero-order valence-corrected chi connectivity index (χ0v) is 7.42. The Morgan fingerprint density at radius 2 is 1.92 bits per heavy atom. The maximum absolute atomic E-state index is 12.8. The Morgan fingerprint density at radius 1 is 1.33 bits per heavy atom. The van der Waals surface area contributed by atoms with E-state index >= 15 is 0 Å². The minimum Gasteiger partial charge on any atom is -0.505 e. The van der Waals surface area contributed by atoms with E-state index in [1.165, 1.54) is 6.07 Å². The van der Waals surface area contributed by atoms with Gasteiger partial charge in [-0.3, -0.25) is 0 Å². The van der Waals surface area contributed by atoms with Gasteiger partial charge in [-0.05, 0) is 12.1 Å². The van der Waals surface area contributed by atoms with Crippen LogP contribution in [-0.4, -0.2) is 22.3 Å². The standard InChI is InChI=1S/C6H5BBrFO3/c8-3-1-4(7(11)12)6(9)5(10)2-3/h1-2,10-12H. The first-order valence-electron chi connectivity index (χ1n) is 3.06. The number of hydrogen-bond donors (Lipinski definition) is 3. The van der Waals surface area contributed by atoms with Crippen LogP contribution >= 0.6 is 15.9 Å². The van der Waals surface area contributed by atoms with Gasteiger partial charge in [0.15, 0.2) is 11.6 Å². The van der Waals surface area contributed by atoms with Gasteiger partial charge >= 0.3 is 7.12 Å². The number of aromatic hydroxyl groups is 1.